The number of piperidine rings is 1. The Morgan fingerprint density at radius 3 is 2.25 bits per heavy atom. The molecule has 154 valence electrons. The average Bonchev–Trinajstić information content (AvgIpc) is 2.65. The molecule has 1 aromatic rings. The lowest BCUT2D eigenvalue weighted by atomic mass is 9.74. The first-order chi connectivity index (χ1) is 13.3. The van der Waals surface area contributed by atoms with Crippen LogP contribution in [0.5, 0.6) is 0 Å². The van der Waals surface area contributed by atoms with Gasteiger partial charge in [0.05, 0.1) is 5.92 Å². The third-order valence-electron chi connectivity index (χ3n) is 6.03. The summed E-state index contributed by atoms with van der Waals surface area (Å²) in [5.41, 5.74) is 7.29. The van der Waals surface area contributed by atoms with Gasteiger partial charge in [-0.05, 0) is 77.0 Å². The second-order valence-corrected chi connectivity index (χ2v) is 8.55. The summed E-state index contributed by atoms with van der Waals surface area (Å²) in [6.45, 7) is 3.97. The lowest BCUT2D eigenvalue weighted by Gasteiger charge is -2.37. The Hall–Kier alpha value is -2.12. The normalized spacial score (nSPS) is 26.5. The highest BCUT2D eigenvalue weighted by Gasteiger charge is 2.37. The zero-order valence-corrected chi connectivity index (χ0v) is 17.0. The van der Waals surface area contributed by atoms with Crippen molar-refractivity contribution in [2.45, 2.75) is 57.0 Å². The summed E-state index contributed by atoms with van der Waals surface area (Å²) in [7, 11) is 2.10. The number of carbonyl (C=O) groups is 2. The van der Waals surface area contributed by atoms with Gasteiger partial charge in [0.25, 0.3) is 0 Å². The molecule has 5 N–H and O–H groups in total. The Morgan fingerprint density at radius 1 is 1.04 bits per heavy atom. The van der Waals surface area contributed by atoms with Crippen LogP contribution < -0.4 is 21.7 Å². The molecule has 1 saturated heterocycles. The first kappa shape index (κ1) is 20.6. The number of nitrogens with two attached hydrogens (primary N) is 1. The minimum atomic E-state index is -0.449. The van der Waals surface area contributed by atoms with Crippen molar-refractivity contribution in [3.05, 3.63) is 24.3 Å². The Labute approximate surface area is 167 Å². The van der Waals surface area contributed by atoms with Gasteiger partial charge in [-0.25, -0.2) is 4.79 Å². The van der Waals surface area contributed by atoms with Crippen molar-refractivity contribution < 1.29 is 9.59 Å². The van der Waals surface area contributed by atoms with E-state index in [9.17, 15) is 9.59 Å². The van der Waals surface area contributed by atoms with E-state index >= 15 is 0 Å². The highest BCUT2D eigenvalue weighted by atomic mass is 16.2. The fourth-order valence-corrected chi connectivity index (χ4v) is 4.16. The number of likely N-dealkylation sites (tertiary alicyclic amines) is 1. The molecule has 0 aromatic heterocycles. The Morgan fingerprint density at radius 2 is 1.64 bits per heavy atom. The molecule has 1 saturated carbocycles. The van der Waals surface area contributed by atoms with Gasteiger partial charge >= 0.3 is 6.03 Å². The van der Waals surface area contributed by atoms with Crippen molar-refractivity contribution in [2.75, 3.05) is 30.8 Å². The van der Waals surface area contributed by atoms with Crippen LogP contribution in [0, 0.1) is 5.92 Å². The number of rotatable bonds is 4. The van der Waals surface area contributed by atoms with Crippen molar-refractivity contribution in [1.82, 2.24) is 10.2 Å². The van der Waals surface area contributed by atoms with Gasteiger partial charge in [-0.1, -0.05) is 12.8 Å². The number of anilines is 2. The lowest BCUT2D eigenvalue weighted by molar-refractivity contribution is -0.122. The van der Waals surface area contributed by atoms with Crippen molar-refractivity contribution >= 4 is 23.3 Å². The zero-order valence-electron chi connectivity index (χ0n) is 17.0. The molecule has 1 aliphatic heterocycles. The van der Waals surface area contributed by atoms with Gasteiger partial charge in [-0.3, -0.25) is 4.79 Å². The molecule has 0 radical (unpaired) electrons. The van der Waals surface area contributed by atoms with E-state index in [1.54, 1.807) is 24.3 Å². The monoisotopic (exact) mass is 387 g/mol. The molecule has 2 aliphatic rings. The number of urea groups is 1. The van der Waals surface area contributed by atoms with Gasteiger partial charge < -0.3 is 26.6 Å². The molecule has 0 spiro atoms. The molecule has 1 aromatic carbocycles. The minimum absolute atomic E-state index is 0.0228. The van der Waals surface area contributed by atoms with E-state index in [2.05, 4.69) is 27.9 Å². The van der Waals surface area contributed by atoms with Gasteiger partial charge in [0.15, 0.2) is 0 Å². The van der Waals surface area contributed by atoms with Crippen molar-refractivity contribution in [3.8, 4) is 0 Å². The SMILES string of the molecule is CN1CCC(NC(=O)Nc2ccc(NC(=O)C3CCCCC3(C)N)cc2)CC1. The summed E-state index contributed by atoms with van der Waals surface area (Å²) >= 11 is 0. The Kier molecular flexibility index (Phi) is 6.57. The van der Waals surface area contributed by atoms with Crippen LogP contribution in [0.25, 0.3) is 0 Å². The molecule has 7 nitrogen and oxygen atoms in total. The third-order valence-corrected chi connectivity index (χ3v) is 6.03. The second-order valence-electron chi connectivity index (χ2n) is 8.55. The molecule has 28 heavy (non-hydrogen) atoms. The van der Waals surface area contributed by atoms with Crippen LogP contribution in [0.2, 0.25) is 0 Å². The maximum absolute atomic E-state index is 12.6. The van der Waals surface area contributed by atoms with Crippen LogP contribution >= 0.6 is 0 Å². The predicted octanol–water partition coefficient (Wildman–Crippen LogP) is 2.75. The summed E-state index contributed by atoms with van der Waals surface area (Å²) in [5, 5.41) is 8.85. The lowest BCUT2D eigenvalue weighted by Crippen LogP contribution is -2.51. The van der Waals surface area contributed by atoms with E-state index in [0.717, 1.165) is 51.6 Å². The maximum atomic E-state index is 12.6. The summed E-state index contributed by atoms with van der Waals surface area (Å²) in [4.78, 5) is 27.1. The second kappa shape index (κ2) is 8.92. The van der Waals surface area contributed by atoms with Crippen molar-refractivity contribution in [3.63, 3.8) is 0 Å². The molecule has 7 heteroatoms. The number of carbonyl (C=O) groups excluding carboxylic acids is 2. The van der Waals surface area contributed by atoms with Crippen LogP contribution in [0.3, 0.4) is 0 Å². The molecule has 2 fully saturated rings. The van der Waals surface area contributed by atoms with Crippen LogP contribution in [-0.4, -0.2) is 48.6 Å². The number of hydrogen-bond acceptors (Lipinski definition) is 4. The van der Waals surface area contributed by atoms with E-state index in [1.807, 2.05) is 6.92 Å². The fraction of sp³-hybridized carbons (Fsp3) is 0.619. The first-order valence-electron chi connectivity index (χ1n) is 10.3. The Bertz CT molecular complexity index is 681. The number of amides is 3. The van der Waals surface area contributed by atoms with Crippen LogP contribution in [-0.2, 0) is 4.79 Å². The predicted molar refractivity (Wildman–Crippen MR) is 112 cm³/mol. The number of nitrogens with one attached hydrogen (secondary N) is 3. The van der Waals surface area contributed by atoms with Gasteiger partial charge in [-0.15, -0.1) is 0 Å². The number of hydrogen-bond donors (Lipinski definition) is 4. The largest absolute Gasteiger partial charge is 0.335 e. The van der Waals surface area contributed by atoms with Gasteiger partial charge in [0.1, 0.15) is 0 Å². The topological polar surface area (TPSA) is 99.5 Å². The molecule has 2 atom stereocenters. The van der Waals surface area contributed by atoms with E-state index in [4.69, 9.17) is 5.73 Å². The fourth-order valence-electron chi connectivity index (χ4n) is 4.16. The maximum Gasteiger partial charge on any atom is 0.319 e. The summed E-state index contributed by atoms with van der Waals surface area (Å²) < 4.78 is 0. The highest BCUT2D eigenvalue weighted by Crippen LogP contribution is 2.32. The highest BCUT2D eigenvalue weighted by molar-refractivity contribution is 5.94. The van der Waals surface area contributed by atoms with Crippen LogP contribution in [0.4, 0.5) is 16.2 Å². The van der Waals surface area contributed by atoms with E-state index < -0.39 is 5.54 Å². The van der Waals surface area contributed by atoms with Gasteiger partial charge in [-0.2, -0.15) is 0 Å². The first-order valence-corrected chi connectivity index (χ1v) is 10.3. The summed E-state index contributed by atoms with van der Waals surface area (Å²) in [6, 6.07) is 7.24. The molecule has 1 heterocycles. The van der Waals surface area contributed by atoms with Gasteiger partial charge in [0.2, 0.25) is 5.91 Å². The molecule has 0 bridgehead atoms. The number of benzene rings is 1. The van der Waals surface area contributed by atoms with Crippen molar-refractivity contribution in [2.24, 2.45) is 11.7 Å². The third kappa shape index (κ3) is 5.45. The molecular formula is C21H33N5O2. The van der Waals surface area contributed by atoms with E-state index in [-0.39, 0.29) is 23.9 Å². The number of nitrogens with zero attached hydrogens (tertiary/aromatic N) is 1. The standard InChI is InChI=1S/C21H33N5O2/c1-21(22)12-4-3-5-18(21)19(27)23-15-6-8-16(9-7-15)24-20(28)25-17-10-13-26(2)14-11-17/h6-9,17-18H,3-5,10-14,22H2,1-2H3,(H,23,27)(H2,24,25,28). The molecule has 3 amide bonds. The smallest absolute Gasteiger partial charge is 0.319 e. The summed E-state index contributed by atoms with van der Waals surface area (Å²) in [5.74, 6) is -0.190. The molecule has 1 aliphatic carbocycles. The molecule has 3 rings (SSSR count). The van der Waals surface area contributed by atoms with Crippen molar-refractivity contribution in [1.29, 1.82) is 0 Å². The van der Waals surface area contributed by atoms with E-state index in [1.165, 1.54) is 0 Å². The zero-order chi connectivity index (χ0) is 20.1. The quantitative estimate of drug-likeness (QED) is 0.638. The Balaban J connectivity index is 1.49. The average molecular weight is 388 g/mol. The minimum Gasteiger partial charge on any atom is -0.335 e. The molecular weight excluding hydrogens is 354 g/mol. The van der Waals surface area contributed by atoms with E-state index in [0.29, 0.717) is 11.4 Å². The van der Waals surface area contributed by atoms with Crippen LogP contribution in [0.15, 0.2) is 24.3 Å². The van der Waals surface area contributed by atoms with Gasteiger partial charge in [0, 0.05) is 23.0 Å². The van der Waals surface area contributed by atoms with Crippen LogP contribution in [0.1, 0.15) is 45.4 Å². The summed E-state index contributed by atoms with van der Waals surface area (Å²) in [6.07, 6.45) is 5.76. The molecule has 2 unspecified atom stereocenters.